The van der Waals surface area contributed by atoms with Crippen molar-refractivity contribution in [1.82, 2.24) is 0 Å². The van der Waals surface area contributed by atoms with Crippen LogP contribution in [-0.4, -0.2) is 6.10 Å². The summed E-state index contributed by atoms with van der Waals surface area (Å²) in [5, 5.41) is 0. The Labute approximate surface area is 120 Å². The zero-order chi connectivity index (χ0) is 13.8. The van der Waals surface area contributed by atoms with Gasteiger partial charge in [-0.2, -0.15) is 0 Å². The van der Waals surface area contributed by atoms with Gasteiger partial charge in [0.25, 0.3) is 0 Å². The van der Waals surface area contributed by atoms with Gasteiger partial charge in [0.05, 0.1) is 18.8 Å². The van der Waals surface area contributed by atoms with Gasteiger partial charge in [-0.3, -0.25) is 0 Å². The Hall–Kier alpha value is -1.64. The Morgan fingerprint density at radius 3 is 2.60 bits per heavy atom. The summed E-state index contributed by atoms with van der Waals surface area (Å²) in [6, 6.07) is 18.8. The average molecular weight is 267 g/mol. The quantitative estimate of drug-likeness (QED) is 0.862. The zero-order valence-corrected chi connectivity index (χ0v) is 11.7. The Morgan fingerprint density at radius 2 is 1.75 bits per heavy atom. The van der Waals surface area contributed by atoms with E-state index in [0.29, 0.717) is 6.61 Å². The summed E-state index contributed by atoms with van der Waals surface area (Å²) in [4.78, 5) is 0. The molecule has 2 aromatic rings. The molecule has 0 heterocycles. The Morgan fingerprint density at radius 1 is 1.00 bits per heavy atom. The van der Waals surface area contributed by atoms with E-state index >= 15 is 0 Å². The second kappa shape index (κ2) is 6.21. The first kappa shape index (κ1) is 13.3. The van der Waals surface area contributed by atoms with Gasteiger partial charge in [0.15, 0.2) is 0 Å². The van der Waals surface area contributed by atoms with Crippen molar-refractivity contribution >= 4 is 0 Å². The third-order valence-electron chi connectivity index (χ3n) is 4.06. The van der Waals surface area contributed by atoms with Crippen molar-refractivity contribution in [1.29, 1.82) is 0 Å². The monoisotopic (exact) mass is 267 g/mol. The molecule has 1 aliphatic carbocycles. The van der Waals surface area contributed by atoms with E-state index in [1.807, 2.05) is 18.2 Å². The average Bonchev–Trinajstić information content (AvgIpc) is 2.66. The molecule has 3 rings (SSSR count). The maximum Gasteiger partial charge on any atom is 0.0772 e. The number of ether oxygens (including phenoxy) is 1. The molecule has 0 spiro atoms. The van der Waals surface area contributed by atoms with Crippen LogP contribution in [0.25, 0.3) is 0 Å². The van der Waals surface area contributed by atoms with Crippen molar-refractivity contribution in [3.8, 4) is 0 Å². The molecular weight excluding hydrogens is 246 g/mol. The normalized spacial score (nSPS) is 22.1. The lowest BCUT2D eigenvalue weighted by molar-refractivity contribution is 0.0182. The van der Waals surface area contributed by atoms with Crippen molar-refractivity contribution in [2.75, 3.05) is 0 Å². The smallest absolute Gasteiger partial charge is 0.0772 e. The van der Waals surface area contributed by atoms with Crippen LogP contribution in [0.2, 0.25) is 0 Å². The van der Waals surface area contributed by atoms with Crippen LogP contribution in [0.4, 0.5) is 0 Å². The molecule has 0 aliphatic heterocycles. The Bertz CT molecular complexity index is 552. The molecule has 0 saturated heterocycles. The zero-order valence-electron chi connectivity index (χ0n) is 11.7. The van der Waals surface area contributed by atoms with Gasteiger partial charge < -0.3 is 10.5 Å². The van der Waals surface area contributed by atoms with E-state index in [-0.39, 0.29) is 12.1 Å². The van der Waals surface area contributed by atoms with Crippen LogP contribution in [-0.2, 0) is 17.8 Å². The molecule has 2 atom stereocenters. The number of benzene rings is 2. The summed E-state index contributed by atoms with van der Waals surface area (Å²) in [5.41, 5.74) is 10.3. The first-order chi connectivity index (χ1) is 9.84. The molecule has 0 bridgehead atoms. The summed E-state index contributed by atoms with van der Waals surface area (Å²) in [6.07, 6.45) is 3.39. The van der Waals surface area contributed by atoms with Gasteiger partial charge in [0, 0.05) is 0 Å². The molecule has 104 valence electrons. The summed E-state index contributed by atoms with van der Waals surface area (Å²) < 4.78 is 6.09. The third kappa shape index (κ3) is 2.92. The number of hydrogen-bond acceptors (Lipinski definition) is 2. The predicted octanol–water partition coefficient (Wildman–Crippen LogP) is 3.61. The van der Waals surface area contributed by atoms with Crippen LogP contribution in [0.3, 0.4) is 0 Å². The highest BCUT2D eigenvalue weighted by molar-refractivity contribution is 5.31. The van der Waals surface area contributed by atoms with E-state index in [9.17, 15) is 0 Å². The van der Waals surface area contributed by atoms with Crippen LogP contribution >= 0.6 is 0 Å². The molecule has 20 heavy (non-hydrogen) atoms. The lowest BCUT2D eigenvalue weighted by atomic mass is 9.98. The van der Waals surface area contributed by atoms with Crippen LogP contribution in [0.5, 0.6) is 0 Å². The number of hydrogen-bond donors (Lipinski definition) is 1. The number of nitrogens with two attached hydrogens (primary N) is 1. The van der Waals surface area contributed by atoms with E-state index in [0.717, 1.165) is 19.3 Å². The fraction of sp³-hybridized carbons (Fsp3) is 0.333. The van der Waals surface area contributed by atoms with Gasteiger partial charge in [-0.05, 0) is 36.0 Å². The number of fused-ring (bicyclic) bond motifs is 1. The molecule has 0 amide bonds. The molecule has 0 fully saturated rings. The van der Waals surface area contributed by atoms with E-state index in [1.165, 1.54) is 16.7 Å². The number of rotatable bonds is 3. The second-order valence-electron chi connectivity index (χ2n) is 5.45. The van der Waals surface area contributed by atoms with Crippen LogP contribution in [0.15, 0.2) is 54.6 Å². The fourth-order valence-electron chi connectivity index (χ4n) is 2.93. The van der Waals surface area contributed by atoms with Gasteiger partial charge >= 0.3 is 0 Å². The third-order valence-corrected chi connectivity index (χ3v) is 4.06. The molecular formula is C18H21NO. The molecule has 2 heteroatoms. The standard InChI is InChI=1S/C18H21NO/c19-18-16-11-5-4-9-15(16)10-6-12-17(18)20-13-14-7-2-1-3-8-14/h1-5,7-9,11,17-18H,6,10,12-13,19H2. The minimum absolute atomic E-state index is 0.0163. The maximum atomic E-state index is 6.43. The van der Waals surface area contributed by atoms with Crippen LogP contribution in [0, 0.1) is 0 Å². The summed E-state index contributed by atoms with van der Waals surface area (Å²) >= 11 is 0. The minimum atomic E-state index is -0.0163. The highest BCUT2D eigenvalue weighted by Crippen LogP contribution is 2.29. The van der Waals surface area contributed by atoms with E-state index in [2.05, 4.69) is 36.4 Å². The van der Waals surface area contributed by atoms with Crippen molar-refractivity contribution in [3.63, 3.8) is 0 Å². The molecule has 2 aromatic carbocycles. The molecule has 2 nitrogen and oxygen atoms in total. The van der Waals surface area contributed by atoms with E-state index in [1.54, 1.807) is 0 Å². The van der Waals surface area contributed by atoms with Gasteiger partial charge in [-0.15, -0.1) is 0 Å². The Balaban J connectivity index is 1.71. The summed E-state index contributed by atoms with van der Waals surface area (Å²) in [7, 11) is 0. The second-order valence-corrected chi connectivity index (χ2v) is 5.45. The van der Waals surface area contributed by atoms with Crippen molar-refractivity contribution < 1.29 is 4.74 Å². The molecule has 1 aliphatic rings. The Kier molecular flexibility index (Phi) is 4.14. The van der Waals surface area contributed by atoms with Gasteiger partial charge in [-0.1, -0.05) is 54.6 Å². The molecule has 0 saturated carbocycles. The van der Waals surface area contributed by atoms with Crippen molar-refractivity contribution in [2.45, 2.75) is 38.0 Å². The van der Waals surface area contributed by atoms with E-state index < -0.39 is 0 Å². The maximum absolute atomic E-state index is 6.43. The van der Waals surface area contributed by atoms with Gasteiger partial charge in [0.2, 0.25) is 0 Å². The molecule has 0 radical (unpaired) electrons. The molecule has 2 unspecified atom stereocenters. The largest absolute Gasteiger partial charge is 0.372 e. The van der Waals surface area contributed by atoms with Gasteiger partial charge in [0.1, 0.15) is 0 Å². The fourth-order valence-corrected chi connectivity index (χ4v) is 2.93. The van der Waals surface area contributed by atoms with Crippen LogP contribution < -0.4 is 5.73 Å². The minimum Gasteiger partial charge on any atom is -0.372 e. The van der Waals surface area contributed by atoms with E-state index in [4.69, 9.17) is 10.5 Å². The first-order valence-electron chi connectivity index (χ1n) is 7.33. The first-order valence-corrected chi connectivity index (χ1v) is 7.33. The van der Waals surface area contributed by atoms with Crippen LogP contribution in [0.1, 0.15) is 35.6 Å². The highest BCUT2D eigenvalue weighted by atomic mass is 16.5. The highest BCUT2D eigenvalue weighted by Gasteiger charge is 2.25. The van der Waals surface area contributed by atoms with Gasteiger partial charge in [-0.25, -0.2) is 0 Å². The van der Waals surface area contributed by atoms with Crippen molar-refractivity contribution in [3.05, 3.63) is 71.3 Å². The molecule has 0 aromatic heterocycles. The SMILES string of the molecule is NC1c2ccccc2CCCC1OCc1ccccc1. The number of aryl methyl sites for hydroxylation is 1. The van der Waals surface area contributed by atoms with Crippen molar-refractivity contribution in [2.24, 2.45) is 5.73 Å². The summed E-state index contributed by atoms with van der Waals surface area (Å²) in [5.74, 6) is 0. The molecule has 2 N–H and O–H groups in total. The topological polar surface area (TPSA) is 35.2 Å². The predicted molar refractivity (Wildman–Crippen MR) is 81.3 cm³/mol. The lowest BCUT2D eigenvalue weighted by Crippen LogP contribution is -2.28. The lowest BCUT2D eigenvalue weighted by Gasteiger charge is -2.23. The summed E-state index contributed by atoms with van der Waals surface area (Å²) in [6.45, 7) is 0.640.